The Bertz CT molecular complexity index is 1180. The van der Waals surface area contributed by atoms with Crippen molar-refractivity contribution >= 4 is 34.2 Å². The van der Waals surface area contributed by atoms with Gasteiger partial charge in [-0.25, -0.2) is 0 Å². The number of rotatable bonds is 9. The van der Waals surface area contributed by atoms with Crippen molar-refractivity contribution in [1.82, 2.24) is 4.98 Å². The van der Waals surface area contributed by atoms with Gasteiger partial charge in [0, 0.05) is 24.0 Å². The summed E-state index contributed by atoms with van der Waals surface area (Å²) in [6.45, 7) is 1.17. The van der Waals surface area contributed by atoms with E-state index in [4.69, 9.17) is 11.6 Å². The topological polar surface area (TPSA) is 62.2 Å². The van der Waals surface area contributed by atoms with Crippen molar-refractivity contribution in [1.29, 1.82) is 0 Å². The number of carbonyl (C=O) groups is 1. The van der Waals surface area contributed by atoms with E-state index in [1.54, 1.807) is 18.2 Å². The number of carboxylic acid groups (broad SMARTS) is 1. The number of alkyl halides is 3. The summed E-state index contributed by atoms with van der Waals surface area (Å²) >= 11 is 6.37. The second-order valence-corrected chi connectivity index (χ2v) is 9.47. The molecule has 4 nitrogen and oxygen atoms in total. The Morgan fingerprint density at radius 2 is 1.91 bits per heavy atom. The smallest absolute Gasteiger partial charge is 0.392 e. The highest BCUT2D eigenvalue weighted by molar-refractivity contribution is 6.33. The number of pyridine rings is 1. The van der Waals surface area contributed by atoms with Crippen LogP contribution in [0.4, 0.5) is 18.9 Å². The van der Waals surface area contributed by atoms with Crippen LogP contribution < -0.4 is 5.32 Å². The second-order valence-electron chi connectivity index (χ2n) is 9.06. The lowest BCUT2D eigenvalue weighted by Gasteiger charge is -2.27. The van der Waals surface area contributed by atoms with Crippen molar-refractivity contribution in [2.24, 2.45) is 11.8 Å². The number of para-hydroxylation sites is 1. The van der Waals surface area contributed by atoms with Gasteiger partial charge in [-0.15, -0.1) is 0 Å². The van der Waals surface area contributed by atoms with Crippen LogP contribution in [0.1, 0.15) is 49.1 Å². The molecule has 2 N–H and O–H groups in total. The Morgan fingerprint density at radius 3 is 2.59 bits per heavy atom. The number of halogens is 4. The Labute approximate surface area is 201 Å². The fourth-order valence-corrected chi connectivity index (χ4v) is 4.66. The first kappa shape index (κ1) is 24.3. The maximum absolute atomic E-state index is 13.8. The molecule has 2 aromatic carbocycles. The minimum atomic E-state index is -4.39. The highest BCUT2D eigenvalue weighted by Crippen LogP contribution is 2.45. The summed E-state index contributed by atoms with van der Waals surface area (Å²) in [5.74, 6) is -3.20. The molecule has 180 valence electrons. The summed E-state index contributed by atoms with van der Waals surface area (Å²) in [4.78, 5) is 15.7. The van der Waals surface area contributed by atoms with E-state index in [2.05, 4.69) is 10.3 Å². The molecule has 1 aliphatic rings. The Morgan fingerprint density at radius 1 is 1.18 bits per heavy atom. The van der Waals surface area contributed by atoms with Crippen LogP contribution in [0.25, 0.3) is 10.9 Å². The number of hydrogen-bond acceptors (Lipinski definition) is 3. The number of benzene rings is 2. The maximum Gasteiger partial charge on any atom is 0.392 e. The van der Waals surface area contributed by atoms with Crippen LogP contribution in [0.15, 0.2) is 54.7 Å². The zero-order chi connectivity index (χ0) is 24.5. The highest BCUT2D eigenvalue weighted by atomic mass is 35.5. The molecule has 3 aromatic rings. The summed E-state index contributed by atoms with van der Waals surface area (Å²) in [6.07, 6.45) is -0.914. The van der Waals surface area contributed by atoms with Gasteiger partial charge in [0.2, 0.25) is 0 Å². The number of fused-ring (bicyclic) bond motifs is 1. The molecule has 1 fully saturated rings. The fraction of sp³-hybridized carbons (Fsp3) is 0.385. The van der Waals surface area contributed by atoms with Crippen molar-refractivity contribution < 1.29 is 23.1 Å². The van der Waals surface area contributed by atoms with Gasteiger partial charge < -0.3 is 10.4 Å². The number of nitrogens with zero attached hydrogens (tertiary/aromatic N) is 1. The van der Waals surface area contributed by atoms with Crippen LogP contribution >= 0.6 is 11.6 Å². The minimum absolute atomic E-state index is 0.00308. The van der Waals surface area contributed by atoms with E-state index in [1.807, 2.05) is 30.3 Å². The standard InChI is InChI=1S/C26H26ClF3N2O2/c1-15(26(28,29)30)21(19-10-18-4-2-3-5-23(18)31-13-19)14-32-24-11-17(8-9-22(24)27)20(12-25(33)34)16-6-7-16/h2-5,8-11,13,15-16,20-21,32H,6-7,12,14H2,1H3,(H,33,34)/t15-,20+,21-/m1/s1. The van der Waals surface area contributed by atoms with Gasteiger partial charge in [-0.1, -0.05) is 42.8 Å². The van der Waals surface area contributed by atoms with Gasteiger partial charge in [-0.2, -0.15) is 13.2 Å². The molecular weight excluding hydrogens is 465 g/mol. The van der Waals surface area contributed by atoms with Gasteiger partial charge in [-0.3, -0.25) is 9.78 Å². The van der Waals surface area contributed by atoms with Gasteiger partial charge in [0.15, 0.2) is 0 Å². The number of aromatic nitrogens is 1. The molecule has 0 unspecified atom stereocenters. The first-order valence-electron chi connectivity index (χ1n) is 11.3. The van der Waals surface area contributed by atoms with E-state index in [0.717, 1.165) is 29.3 Å². The third kappa shape index (κ3) is 5.63. The zero-order valence-electron chi connectivity index (χ0n) is 18.6. The van der Waals surface area contributed by atoms with Crippen LogP contribution in [0, 0.1) is 11.8 Å². The molecule has 3 atom stereocenters. The SMILES string of the molecule is C[C@H]([C@@H](CNc1cc([C@@H](CC(=O)O)C2CC2)ccc1Cl)c1cnc2ccccc2c1)C(F)(F)F. The molecule has 8 heteroatoms. The molecule has 1 aromatic heterocycles. The molecule has 0 amide bonds. The maximum atomic E-state index is 13.8. The summed E-state index contributed by atoms with van der Waals surface area (Å²) in [6, 6.07) is 14.3. The average Bonchev–Trinajstić information content (AvgIpc) is 3.63. The summed E-state index contributed by atoms with van der Waals surface area (Å²) in [5, 5.41) is 13.6. The molecule has 4 rings (SSSR count). The molecule has 1 heterocycles. The molecule has 0 saturated heterocycles. The van der Waals surface area contributed by atoms with Gasteiger partial charge in [0.25, 0.3) is 0 Å². The highest BCUT2D eigenvalue weighted by Gasteiger charge is 2.42. The van der Waals surface area contributed by atoms with Gasteiger partial charge in [0.1, 0.15) is 0 Å². The van der Waals surface area contributed by atoms with Gasteiger partial charge in [-0.05, 0) is 60.1 Å². The van der Waals surface area contributed by atoms with Gasteiger partial charge >= 0.3 is 12.1 Å². The second kappa shape index (κ2) is 9.82. The van der Waals surface area contributed by atoms with Crippen LogP contribution in [-0.2, 0) is 4.79 Å². The third-order valence-corrected chi connectivity index (χ3v) is 7.01. The van der Waals surface area contributed by atoms with Crippen molar-refractivity contribution in [2.45, 2.75) is 44.2 Å². The lowest BCUT2D eigenvalue weighted by molar-refractivity contribution is -0.174. The predicted octanol–water partition coefficient (Wildman–Crippen LogP) is 7.25. The predicted molar refractivity (Wildman–Crippen MR) is 127 cm³/mol. The van der Waals surface area contributed by atoms with Crippen molar-refractivity contribution in [3.8, 4) is 0 Å². The van der Waals surface area contributed by atoms with E-state index in [0.29, 0.717) is 22.2 Å². The molecular formula is C26H26ClF3N2O2. The molecule has 1 saturated carbocycles. The zero-order valence-corrected chi connectivity index (χ0v) is 19.4. The van der Waals surface area contributed by atoms with E-state index >= 15 is 0 Å². The van der Waals surface area contributed by atoms with Crippen LogP contribution in [0.3, 0.4) is 0 Å². The third-order valence-electron chi connectivity index (χ3n) is 6.68. The minimum Gasteiger partial charge on any atom is -0.481 e. The monoisotopic (exact) mass is 490 g/mol. The Kier molecular flexibility index (Phi) is 7.03. The molecule has 1 aliphatic carbocycles. The lowest BCUT2D eigenvalue weighted by atomic mass is 9.86. The Balaban J connectivity index is 1.61. The van der Waals surface area contributed by atoms with E-state index < -0.39 is 24.0 Å². The number of aliphatic carboxylic acids is 1. The van der Waals surface area contributed by atoms with E-state index in [9.17, 15) is 23.1 Å². The molecule has 0 bridgehead atoms. The van der Waals surface area contributed by atoms with Crippen LogP contribution in [-0.4, -0.2) is 28.8 Å². The first-order valence-corrected chi connectivity index (χ1v) is 11.7. The largest absolute Gasteiger partial charge is 0.481 e. The van der Waals surface area contributed by atoms with E-state index in [-0.39, 0.29) is 18.9 Å². The number of anilines is 1. The lowest BCUT2D eigenvalue weighted by Crippen LogP contribution is -2.30. The molecule has 0 aliphatic heterocycles. The Hall–Kier alpha value is -2.80. The van der Waals surface area contributed by atoms with E-state index in [1.165, 1.54) is 13.1 Å². The average molecular weight is 491 g/mol. The summed E-state index contributed by atoms with van der Waals surface area (Å²) < 4.78 is 41.3. The molecule has 0 spiro atoms. The van der Waals surface area contributed by atoms with Crippen molar-refractivity contribution in [2.75, 3.05) is 11.9 Å². The number of carboxylic acids is 1. The van der Waals surface area contributed by atoms with Crippen LogP contribution in [0.5, 0.6) is 0 Å². The van der Waals surface area contributed by atoms with Crippen LogP contribution in [0.2, 0.25) is 5.02 Å². The van der Waals surface area contributed by atoms with Gasteiger partial charge in [0.05, 0.1) is 28.6 Å². The summed E-state index contributed by atoms with van der Waals surface area (Å²) in [7, 11) is 0. The fourth-order valence-electron chi connectivity index (χ4n) is 4.47. The summed E-state index contributed by atoms with van der Waals surface area (Å²) in [5.41, 5.74) is 2.55. The molecule has 0 radical (unpaired) electrons. The first-order chi connectivity index (χ1) is 16.1. The quantitative estimate of drug-likeness (QED) is 0.331. The normalized spacial score (nSPS) is 16.7. The van der Waals surface area contributed by atoms with Crippen molar-refractivity contribution in [3.05, 3.63) is 70.9 Å². The number of hydrogen-bond donors (Lipinski definition) is 2. The molecule has 34 heavy (non-hydrogen) atoms. The van der Waals surface area contributed by atoms with Crippen molar-refractivity contribution in [3.63, 3.8) is 0 Å². The number of nitrogens with one attached hydrogen (secondary N) is 1.